The molecular weight excluding hydrogens is 268 g/mol. The highest BCUT2D eigenvalue weighted by atomic mass is 16.7. The highest BCUT2D eigenvalue weighted by Gasteiger charge is 1.93. The van der Waals surface area contributed by atoms with Crippen LogP contribution in [0.1, 0.15) is 0 Å². The van der Waals surface area contributed by atoms with Gasteiger partial charge in [0.15, 0.2) is 0 Å². The van der Waals surface area contributed by atoms with Crippen LogP contribution in [0.25, 0.3) is 0 Å². The Bertz CT molecular complexity index is 151. The van der Waals surface area contributed by atoms with Crippen molar-refractivity contribution in [3.8, 4) is 0 Å². The predicted molar refractivity (Wildman–Crippen MR) is 73.0 cm³/mol. The van der Waals surface area contributed by atoms with Gasteiger partial charge in [-0.3, -0.25) is 0 Å². The summed E-state index contributed by atoms with van der Waals surface area (Å²) in [4.78, 5) is 0. The molecule has 0 fully saturated rings. The van der Waals surface area contributed by atoms with E-state index in [0.717, 1.165) is 0 Å². The van der Waals surface area contributed by atoms with Crippen molar-refractivity contribution >= 4 is 0 Å². The first-order chi connectivity index (χ1) is 9.91. The Balaban J connectivity index is 2.89. The molecule has 0 aliphatic carbocycles. The quantitative estimate of drug-likeness (QED) is 0.283. The molecule has 0 N–H and O–H groups in total. The summed E-state index contributed by atoms with van der Waals surface area (Å²) in [5, 5.41) is 0. The molecule has 0 amide bonds. The van der Waals surface area contributed by atoms with E-state index >= 15 is 0 Å². The Hall–Kier alpha value is -0.280. The van der Waals surface area contributed by atoms with E-state index in [9.17, 15) is 0 Å². The third kappa shape index (κ3) is 17.7. The van der Waals surface area contributed by atoms with Crippen LogP contribution in [0.4, 0.5) is 0 Å². The standard InChI is InChI=1S/C13H28O7/c1-14-3-5-16-7-8-17-9-10-18-11-12-20-13-19-6-4-15-2/h3-13H2,1-2H3. The molecule has 0 spiro atoms. The van der Waals surface area contributed by atoms with Gasteiger partial charge in [0.1, 0.15) is 6.79 Å². The molecule has 0 aliphatic rings. The van der Waals surface area contributed by atoms with Crippen LogP contribution in [0.5, 0.6) is 0 Å². The Morgan fingerprint density at radius 2 is 0.700 bits per heavy atom. The average Bonchev–Trinajstić information content (AvgIpc) is 2.47. The van der Waals surface area contributed by atoms with Crippen molar-refractivity contribution in [2.75, 3.05) is 87.1 Å². The lowest BCUT2D eigenvalue weighted by atomic mass is 10.7. The first kappa shape index (κ1) is 19.7. The van der Waals surface area contributed by atoms with Gasteiger partial charge in [-0.1, -0.05) is 0 Å². The van der Waals surface area contributed by atoms with Crippen LogP contribution in [0, 0.1) is 0 Å². The molecule has 7 nitrogen and oxygen atoms in total. The highest BCUT2D eigenvalue weighted by Crippen LogP contribution is 1.84. The van der Waals surface area contributed by atoms with E-state index in [4.69, 9.17) is 33.2 Å². The van der Waals surface area contributed by atoms with Crippen molar-refractivity contribution in [2.45, 2.75) is 0 Å². The zero-order valence-corrected chi connectivity index (χ0v) is 12.6. The largest absolute Gasteiger partial charge is 0.382 e. The van der Waals surface area contributed by atoms with Gasteiger partial charge >= 0.3 is 0 Å². The van der Waals surface area contributed by atoms with Crippen molar-refractivity contribution < 1.29 is 33.2 Å². The molecule has 0 bridgehead atoms. The molecule has 0 atom stereocenters. The van der Waals surface area contributed by atoms with Crippen LogP contribution in [0.15, 0.2) is 0 Å². The Morgan fingerprint density at radius 1 is 0.400 bits per heavy atom. The minimum absolute atomic E-state index is 0.266. The van der Waals surface area contributed by atoms with E-state index in [0.29, 0.717) is 66.1 Å². The second kappa shape index (κ2) is 18.7. The summed E-state index contributed by atoms with van der Waals surface area (Å²) in [7, 11) is 3.28. The maximum Gasteiger partial charge on any atom is 0.146 e. The number of hydrogen-bond donors (Lipinski definition) is 0. The second-order valence-electron chi connectivity index (χ2n) is 3.76. The average molecular weight is 296 g/mol. The number of ether oxygens (including phenoxy) is 7. The molecule has 0 heterocycles. The van der Waals surface area contributed by atoms with Gasteiger partial charge in [-0.05, 0) is 0 Å². The van der Waals surface area contributed by atoms with Gasteiger partial charge in [-0.15, -0.1) is 0 Å². The van der Waals surface area contributed by atoms with Gasteiger partial charge in [0.25, 0.3) is 0 Å². The molecule has 0 aromatic rings. The fraction of sp³-hybridized carbons (Fsp3) is 1.00. The first-order valence-electron chi connectivity index (χ1n) is 6.78. The van der Waals surface area contributed by atoms with Crippen LogP contribution in [0.2, 0.25) is 0 Å². The number of rotatable bonds is 17. The second-order valence-corrected chi connectivity index (χ2v) is 3.76. The summed E-state index contributed by atoms with van der Waals surface area (Å²) in [6.45, 7) is 5.87. The molecule has 0 radical (unpaired) electrons. The number of methoxy groups -OCH3 is 2. The van der Waals surface area contributed by atoms with Gasteiger partial charge in [-0.2, -0.15) is 0 Å². The maximum absolute atomic E-state index is 5.32. The third-order valence-electron chi connectivity index (χ3n) is 2.15. The molecule has 0 rings (SSSR count). The minimum atomic E-state index is 0.266. The van der Waals surface area contributed by atoms with Crippen LogP contribution in [-0.2, 0) is 33.2 Å². The maximum atomic E-state index is 5.32. The van der Waals surface area contributed by atoms with Gasteiger partial charge in [-0.25, -0.2) is 0 Å². The fourth-order valence-corrected chi connectivity index (χ4v) is 1.12. The van der Waals surface area contributed by atoms with E-state index in [-0.39, 0.29) is 6.79 Å². The topological polar surface area (TPSA) is 64.6 Å². The van der Waals surface area contributed by atoms with E-state index < -0.39 is 0 Å². The number of hydrogen-bond acceptors (Lipinski definition) is 7. The molecule has 0 saturated carbocycles. The summed E-state index contributed by atoms with van der Waals surface area (Å²) in [5.74, 6) is 0. The fourth-order valence-electron chi connectivity index (χ4n) is 1.12. The molecule has 20 heavy (non-hydrogen) atoms. The normalized spacial score (nSPS) is 11.1. The Morgan fingerprint density at radius 3 is 1.10 bits per heavy atom. The van der Waals surface area contributed by atoms with Crippen molar-refractivity contribution in [1.82, 2.24) is 0 Å². The van der Waals surface area contributed by atoms with Crippen molar-refractivity contribution in [2.24, 2.45) is 0 Å². The molecule has 0 aliphatic heterocycles. The molecule has 0 aromatic carbocycles. The Labute approximate surface area is 121 Å². The molecule has 0 unspecified atom stereocenters. The van der Waals surface area contributed by atoms with Crippen LogP contribution >= 0.6 is 0 Å². The first-order valence-corrected chi connectivity index (χ1v) is 6.78. The smallest absolute Gasteiger partial charge is 0.146 e. The summed E-state index contributed by atoms with van der Waals surface area (Å²) < 4.78 is 35.9. The minimum Gasteiger partial charge on any atom is -0.382 e. The SMILES string of the molecule is COCCOCCOCCOCCOCOCCOC. The van der Waals surface area contributed by atoms with Crippen LogP contribution in [0.3, 0.4) is 0 Å². The summed E-state index contributed by atoms with van der Waals surface area (Å²) in [6.07, 6.45) is 0. The predicted octanol–water partition coefficient (Wildman–Crippen LogP) is 0.320. The van der Waals surface area contributed by atoms with Crippen LogP contribution in [-0.4, -0.2) is 87.1 Å². The van der Waals surface area contributed by atoms with Gasteiger partial charge in [0, 0.05) is 14.2 Å². The summed E-state index contributed by atoms with van der Waals surface area (Å²) in [6, 6.07) is 0. The van der Waals surface area contributed by atoms with Crippen molar-refractivity contribution in [1.29, 1.82) is 0 Å². The van der Waals surface area contributed by atoms with E-state index in [1.807, 2.05) is 0 Å². The molecule has 7 heteroatoms. The summed E-state index contributed by atoms with van der Waals surface area (Å²) in [5.41, 5.74) is 0. The lowest BCUT2D eigenvalue weighted by Gasteiger charge is -2.07. The lowest BCUT2D eigenvalue weighted by Crippen LogP contribution is -2.13. The summed E-state index contributed by atoms with van der Waals surface area (Å²) >= 11 is 0. The lowest BCUT2D eigenvalue weighted by molar-refractivity contribution is -0.0814. The monoisotopic (exact) mass is 296 g/mol. The highest BCUT2D eigenvalue weighted by molar-refractivity contribution is 4.34. The van der Waals surface area contributed by atoms with Gasteiger partial charge < -0.3 is 33.2 Å². The zero-order valence-electron chi connectivity index (χ0n) is 12.6. The van der Waals surface area contributed by atoms with Crippen molar-refractivity contribution in [3.63, 3.8) is 0 Å². The Kier molecular flexibility index (Phi) is 18.5. The van der Waals surface area contributed by atoms with Gasteiger partial charge in [0.05, 0.1) is 66.1 Å². The zero-order chi connectivity index (χ0) is 14.7. The van der Waals surface area contributed by atoms with E-state index in [1.165, 1.54) is 0 Å². The van der Waals surface area contributed by atoms with E-state index in [2.05, 4.69) is 0 Å². The van der Waals surface area contributed by atoms with Crippen molar-refractivity contribution in [3.05, 3.63) is 0 Å². The van der Waals surface area contributed by atoms with Gasteiger partial charge in [0.2, 0.25) is 0 Å². The molecule has 122 valence electrons. The molecule has 0 aromatic heterocycles. The van der Waals surface area contributed by atoms with Crippen LogP contribution < -0.4 is 0 Å². The third-order valence-corrected chi connectivity index (χ3v) is 2.15. The van der Waals surface area contributed by atoms with E-state index in [1.54, 1.807) is 14.2 Å². The molecular formula is C13H28O7. The molecule has 0 saturated heterocycles.